The second kappa shape index (κ2) is 5.58. The molecular formula is C16H18O2. The summed E-state index contributed by atoms with van der Waals surface area (Å²) in [7, 11) is 0. The fourth-order valence-corrected chi connectivity index (χ4v) is 2.26. The molecule has 0 aliphatic carbocycles. The highest BCUT2D eigenvalue weighted by Crippen LogP contribution is 2.31. The van der Waals surface area contributed by atoms with Crippen LogP contribution in [-0.4, -0.2) is 10.2 Å². The maximum atomic E-state index is 9.58. The molecule has 0 aliphatic heterocycles. The molecule has 0 saturated heterocycles. The molecule has 94 valence electrons. The zero-order chi connectivity index (χ0) is 13.0. The van der Waals surface area contributed by atoms with Crippen molar-refractivity contribution in [1.82, 2.24) is 0 Å². The first-order chi connectivity index (χ1) is 8.70. The van der Waals surface area contributed by atoms with E-state index in [-0.39, 0.29) is 11.7 Å². The van der Waals surface area contributed by atoms with E-state index in [0.29, 0.717) is 5.75 Å². The molecule has 0 aromatic heterocycles. The van der Waals surface area contributed by atoms with E-state index < -0.39 is 0 Å². The average Bonchev–Trinajstić information content (AvgIpc) is 2.37. The third-order valence-electron chi connectivity index (χ3n) is 3.15. The van der Waals surface area contributed by atoms with E-state index in [1.165, 1.54) is 5.56 Å². The molecular weight excluding hydrogens is 224 g/mol. The Morgan fingerprint density at radius 2 is 1.61 bits per heavy atom. The molecule has 18 heavy (non-hydrogen) atoms. The van der Waals surface area contributed by atoms with Crippen LogP contribution in [0, 0.1) is 0 Å². The van der Waals surface area contributed by atoms with E-state index in [9.17, 15) is 10.2 Å². The van der Waals surface area contributed by atoms with Crippen LogP contribution in [0.25, 0.3) is 0 Å². The lowest BCUT2D eigenvalue weighted by Gasteiger charge is -2.17. The van der Waals surface area contributed by atoms with Crippen molar-refractivity contribution in [2.75, 3.05) is 0 Å². The van der Waals surface area contributed by atoms with Crippen molar-refractivity contribution in [2.45, 2.75) is 25.7 Å². The average molecular weight is 242 g/mol. The Kier molecular flexibility index (Phi) is 3.88. The molecule has 2 N–H and O–H groups in total. The summed E-state index contributed by atoms with van der Waals surface area (Å²) in [5.41, 5.74) is 2.28. The van der Waals surface area contributed by atoms with Crippen molar-refractivity contribution in [3.63, 3.8) is 0 Å². The Morgan fingerprint density at radius 3 is 2.22 bits per heavy atom. The van der Waals surface area contributed by atoms with Crippen LogP contribution in [0.1, 0.15) is 36.8 Å². The summed E-state index contributed by atoms with van der Waals surface area (Å²) in [5.74, 6) is 0.847. The van der Waals surface area contributed by atoms with E-state index in [4.69, 9.17) is 0 Å². The number of benzene rings is 2. The standard InChI is InChI=1S/C16H18O2/c1-2-4-16(12-7-9-14(17)10-8-12)13-5-3-6-15(18)11-13/h3,5-11,16-18H,2,4H2,1H3. The van der Waals surface area contributed by atoms with Crippen LogP contribution in [0.3, 0.4) is 0 Å². The van der Waals surface area contributed by atoms with Crippen molar-refractivity contribution in [1.29, 1.82) is 0 Å². The van der Waals surface area contributed by atoms with E-state index in [0.717, 1.165) is 18.4 Å². The summed E-state index contributed by atoms with van der Waals surface area (Å²) >= 11 is 0. The van der Waals surface area contributed by atoms with Crippen LogP contribution < -0.4 is 0 Å². The molecule has 0 bridgehead atoms. The second-order valence-corrected chi connectivity index (χ2v) is 4.53. The zero-order valence-corrected chi connectivity index (χ0v) is 10.5. The maximum absolute atomic E-state index is 9.58. The molecule has 2 rings (SSSR count). The minimum atomic E-state index is 0.266. The molecule has 2 heteroatoms. The largest absolute Gasteiger partial charge is 0.508 e. The topological polar surface area (TPSA) is 40.5 Å². The Morgan fingerprint density at radius 1 is 0.889 bits per heavy atom. The fraction of sp³-hybridized carbons (Fsp3) is 0.250. The highest BCUT2D eigenvalue weighted by atomic mass is 16.3. The van der Waals surface area contributed by atoms with Crippen molar-refractivity contribution in [3.8, 4) is 11.5 Å². The van der Waals surface area contributed by atoms with Crippen LogP contribution in [0.15, 0.2) is 48.5 Å². The van der Waals surface area contributed by atoms with Gasteiger partial charge in [0.25, 0.3) is 0 Å². The highest BCUT2D eigenvalue weighted by Gasteiger charge is 2.13. The number of phenolic OH excluding ortho intramolecular Hbond substituents is 2. The minimum absolute atomic E-state index is 0.266. The smallest absolute Gasteiger partial charge is 0.115 e. The van der Waals surface area contributed by atoms with Gasteiger partial charge in [-0.15, -0.1) is 0 Å². The Bertz CT molecular complexity index is 503. The SMILES string of the molecule is CCCC(c1ccc(O)cc1)c1cccc(O)c1. The maximum Gasteiger partial charge on any atom is 0.115 e. The van der Waals surface area contributed by atoms with Crippen LogP contribution in [0.2, 0.25) is 0 Å². The molecule has 2 nitrogen and oxygen atoms in total. The summed E-state index contributed by atoms with van der Waals surface area (Å²) in [5, 5.41) is 18.9. The van der Waals surface area contributed by atoms with Gasteiger partial charge in [0.15, 0.2) is 0 Å². The van der Waals surface area contributed by atoms with Gasteiger partial charge in [0.05, 0.1) is 0 Å². The number of rotatable bonds is 4. The van der Waals surface area contributed by atoms with Gasteiger partial charge in [-0.3, -0.25) is 0 Å². The molecule has 2 aromatic rings. The van der Waals surface area contributed by atoms with Crippen LogP contribution in [-0.2, 0) is 0 Å². The van der Waals surface area contributed by atoms with Gasteiger partial charge >= 0.3 is 0 Å². The number of hydrogen-bond acceptors (Lipinski definition) is 2. The van der Waals surface area contributed by atoms with Gasteiger partial charge in [0, 0.05) is 5.92 Å². The molecule has 0 amide bonds. The Balaban J connectivity index is 2.36. The van der Waals surface area contributed by atoms with Crippen molar-refractivity contribution in [2.24, 2.45) is 0 Å². The quantitative estimate of drug-likeness (QED) is 0.849. The lowest BCUT2D eigenvalue weighted by molar-refractivity contribution is 0.472. The third-order valence-corrected chi connectivity index (χ3v) is 3.15. The predicted molar refractivity (Wildman–Crippen MR) is 73.0 cm³/mol. The molecule has 1 atom stereocenters. The monoisotopic (exact) mass is 242 g/mol. The van der Waals surface area contributed by atoms with E-state index in [1.807, 2.05) is 30.3 Å². The van der Waals surface area contributed by atoms with Gasteiger partial charge in [-0.1, -0.05) is 37.6 Å². The van der Waals surface area contributed by atoms with Crippen molar-refractivity contribution < 1.29 is 10.2 Å². The molecule has 0 heterocycles. The lowest BCUT2D eigenvalue weighted by atomic mass is 9.87. The summed E-state index contributed by atoms with van der Waals surface area (Å²) in [4.78, 5) is 0. The molecule has 0 radical (unpaired) electrons. The zero-order valence-electron chi connectivity index (χ0n) is 10.5. The minimum Gasteiger partial charge on any atom is -0.508 e. The molecule has 0 saturated carbocycles. The van der Waals surface area contributed by atoms with Gasteiger partial charge < -0.3 is 10.2 Å². The first kappa shape index (κ1) is 12.5. The van der Waals surface area contributed by atoms with Gasteiger partial charge in [-0.2, -0.15) is 0 Å². The highest BCUT2D eigenvalue weighted by molar-refractivity contribution is 5.38. The van der Waals surface area contributed by atoms with Gasteiger partial charge in [-0.05, 0) is 41.8 Å². The summed E-state index contributed by atoms with van der Waals surface area (Å²) in [6, 6.07) is 14.7. The molecule has 0 fully saturated rings. The van der Waals surface area contributed by atoms with E-state index >= 15 is 0 Å². The van der Waals surface area contributed by atoms with Gasteiger partial charge in [0.2, 0.25) is 0 Å². The van der Waals surface area contributed by atoms with E-state index in [1.54, 1.807) is 18.2 Å². The number of hydrogen-bond donors (Lipinski definition) is 2. The number of aromatic hydroxyl groups is 2. The normalized spacial score (nSPS) is 12.3. The Labute approximate surface area is 108 Å². The fourth-order valence-electron chi connectivity index (χ4n) is 2.26. The molecule has 0 spiro atoms. The number of phenols is 2. The molecule has 1 unspecified atom stereocenters. The first-order valence-corrected chi connectivity index (χ1v) is 6.28. The summed E-state index contributed by atoms with van der Waals surface area (Å²) in [6.45, 7) is 2.15. The van der Waals surface area contributed by atoms with Gasteiger partial charge in [0.1, 0.15) is 11.5 Å². The van der Waals surface area contributed by atoms with Crippen LogP contribution >= 0.6 is 0 Å². The second-order valence-electron chi connectivity index (χ2n) is 4.53. The summed E-state index contributed by atoms with van der Waals surface area (Å²) in [6.07, 6.45) is 2.09. The summed E-state index contributed by atoms with van der Waals surface area (Å²) < 4.78 is 0. The first-order valence-electron chi connectivity index (χ1n) is 6.28. The van der Waals surface area contributed by atoms with Crippen molar-refractivity contribution >= 4 is 0 Å². The van der Waals surface area contributed by atoms with Crippen LogP contribution in [0.5, 0.6) is 11.5 Å². The molecule has 0 aliphatic rings. The predicted octanol–water partition coefficient (Wildman–Crippen LogP) is 4.03. The third kappa shape index (κ3) is 2.83. The molecule has 2 aromatic carbocycles. The van der Waals surface area contributed by atoms with Gasteiger partial charge in [-0.25, -0.2) is 0 Å². The van der Waals surface area contributed by atoms with Crippen molar-refractivity contribution in [3.05, 3.63) is 59.7 Å². The van der Waals surface area contributed by atoms with Crippen LogP contribution in [0.4, 0.5) is 0 Å². The lowest BCUT2D eigenvalue weighted by Crippen LogP contribution is -2.00. The Hall–Kier alpha value is -1.96. The van der Waals surface area contributed by atoms with E-state index in [2.05, 4.69) is 6.92 Å².